The number of carbonyl (C=O) groups excluding carboxylic acids is 2. The molecule has 0 bridgehead atoms. The fourth-order valence-corrected chi connectivity index (χ4v) is 2.98. The van der Waals surface area contributed by atoms with Crippen LogP contribution in [0.5, 0.6) is 0 Å². The summed E-state index contributed by atoms with van der Waals surface area (Å²) >= 11 is 0. The van der Waals surface area contributed by atoms with Crippen molar-refractivity contribution in [3.8, 4) is 0 Å². The number of anilines is 1. The number of aliphatic hydroxyl groups is 1. The molecule has 132 valence electrons. The van der Waals surface area contributed by atoms with Crippen LogP contribution in [-0.2, 0) is 9.59 Å². The van der Waals surface area contributed by atoms with Crippen LogP contribution in [0.4, 0.5) is 15.8 Å². The molecular weight excluding hydrogens is 343 g/mol. The van der Waals surface area contributed by atoms with Crippen LogP contribution in [-0.4, -0.2) is 21.7 Å². The van der Waals surface area contributed by atoms with Crippen molar-refractivity contribution in [3.05, 3.63) is 81.4 Å². The molecule has 0 fully saturated rings. The Morgan fingerprint density at radius 3 is 2.54 bits per heavy atom. The summed E-state index contributed by atoms with van der Waals surface area (Å²) in [5.41, 5.74) is -0.418. The van der Waals surface area contributed by atoms with E-state index in [2.05, 4.69) is 0 Å². The number of ketones is 1. The van der Waals surface area contributed by atoms with Gasteiger partial charge in [-0.2, -0.15) is 0 Å². The number of Topliss-reactive ketones (excluding diaryl/α,β-unsaturated/α-hetero) is 1. The third-order valence-corrected chi connectivity index (χ3v) is 4.10. The lowest BCUT2D eigenvalue weighted by molar-refractivity contribution is -0.384. The predicted molar refractivity (Wildman–Crippen MR) is 90.1 cm³/mol. The number of hydrogen-bond acceptors (Lipinski definition) is 5. The molecule has 1 heterocycles. The molecule has 8 heteroatoms. The summed E-state index contributed by atoms with van der Waals surface area (Å²) < 4.78 is 14.3. The van der Waals surface area contributed by atoms with Gasteiger partial charge < -0.3 is 5.11 Å². The minimum atomic E-state index is -1.17. The second-order valence-corrected chi connectivity index (χ2v) is 5.70. The summed E-state index contributed by atoms with van der Waals surface area (Å²) in [4.78, 5) is 35.9. The zero-order chi connectivity index (χ0) is 19.0. The minimum absolute atomic E-state index is 0.142. The van der Waals surface area contributed by atoms with Gasteiger partial charge in [0.05, 0.1) is 22.2 Å². The maximum Gasteiger partial charge on any atom is 0.294 e. The number of halogens is 1. The Morgan fingerprint density at radius 2 is 1.92 bits per heavy atom. The lowest BCUT2D eigenvalue weighted by atomic mass is 9.96. The lowest BCUT2D eigenvalue weighted by Crippen LogP contribution is -2.31. The molecule has 1 aliphatic rings. The van der Waals surface area contributed by atoms with E-state index in [1.54, 1.807) is 0 Å². The smallest absolute Gasteiger partial charge is 0.294 e. The van der Waals surface area contributed by atoms with Gasteiger partial charge in [0.15, 0.2) is 11.5 Å². The summed E-state index contributed by atoms with van der Waals surface area (Å²) in [5.74, 6) is -3.06. The Kier molecular flexibility index (Phi) is 4.25. The van der Waals surface area contributed by atoms with Gasteiger partial charge in [0.2, 0.25) is 0 Å². The van der Waals surface area contributed by atoms with Gasteiger partial charge in [0.1, 0.15) is 5.82 Å². The van der Waals surface area contributed by atoms with E-state index < -0.39 is 34.2 Å². The number of aliphatic hydroxyl groups excluding tert-OH is 1. The zero-order valence-electron chi connectivity index (χ0n) is 13.5. The quantitative estimate of drug-likeness (QED) is 0.669. The molecule has 1 atom stereocenters. The molecule has 3 rings (SSSR count). The van der Waals surface area contributed by atoms with Crippen molar-refractivity contribution in [1.29, 1.82) is 0 Å². The van der Waals surface area contributed by atoms with Crippen molar-refractivity contribution in [2.24, 2.45) is 0 Å². The Bertz CT molecular complexity index is 970. The number of non-ortho nitro benzene ring substituents is 1. The molecule has 0 aromatic heterocycles. The van der Waals surface area contributed by atoms with Gasteiger partial charge in [-0.05, 0) is 24.6 Å². The van der Waals surface area contributed by atoms with Crippen LogP contribution in [0, 0.1) is 15.9 Å². The average molecular weight is 356 g/mol. The molecule has 1 amide bonds. The molecular formula is C18H13FN2O5. The standard InChI is InChI=1S/C18H13FN2O5/c1-10(22)15-16(11-5-4-6-12(9-11)21(25)26)20(18(24)17(15)23)14-8-3-2-7-13(14)19/h2-9,16,23H,1H3. The van der Waals surface area contributed by atoms with Crippen LogP contribution in [0.15, 0.2) is 59.9 Å². The van der Waals surface area contributed by atoms with Crippen LogP contribution in [0.1, 0.15) is 18.5 Å². The first-order valence-electron chi connectivity index (χ1n) is 7.59. The van der Waals surface area contributed by atoms with Gasteiger partial charge in [-0.3, -0.25) is 24.6 Å². The monoisotopic (exact) mass is 356 g/mol. The fourth-order valence-electron chi connectivity index (χ4n) is 2.98. The number of nitro benzene ring substituents is 1. The molecule has 0 aliphatic carbocycles. The minimum Gasteiger partial charge on any atom is -0.503 e. The number of para-hydroxylation sites is 1. The van der Waals surface area contributed by atoms with Gasteiger partial charge >= 0.3 is 0 Å². The van der Waals surface area contributed by atoms with Gasteiger partial charge in [-0.1, -0.05) is 24.3 Å². The third-order valence-electron chi connectivity index (χ3n) is 4.10. The summed E-state index contributed by atoms with van der Waals surface area (Å²) in [5, 5.41) is 21.2. The third kappa shape index (κ3) is 2.71. The molecule has 0 radical (unpaired) electrons. The predicted octanol–water partition coefficient (Wildman–Crippen LogP) is 3.22. The van der Waals surface area contributed by atoms with E-state index >= 15 is 0 Å². The van der Waals surface area contributed by atoms with Crippen molar-refractivity contribution in [3.63, 3.8) is 0 Å². The van der Waals surface area contributed by atoms with E-state index in [4.69, 9.17) is 0 Å². The molecule has 2 aromatic rings. The molecule has 0 saturated heterocycles. The van der Waals surface area contributed by atoms with E-state index in [0.29, 0.717) is 0 Å². The number of rotatable bonds is 4. The average Bonchev–Trinajstić information content (AvgIpc) is 2.87. The molecule has 0 spiro atoms. The fraction of sp³-hybridized carbons (Fsp3) is 0.111. The topological polar surface area (TPSA) is 101 Å². The number of nitro groups is 1. The van der Waals surface area contributed by atoms with E-state index in [0.717, 1.165) is 17.9 Å². The molecule has 26 heavy (non-hydrogen) atoms. The Labute approximate surface area is 147 Å². The molecule has 1 aliphatic heterocycles. The molecule has 2 aromatic carbocycles. The molecule has 1 unspecified atom stereocenters. The highest BCUT2D eigenvalue weighted by molar-refractivity contribution is 6.16. The first-order valence-corrected chi connectivity index (χ1v) is 7.59. The van der Waals surface area contributed by atoms with Gasteiger partial charge in [0.25, 0.3) is 11.6 Å². The molecule has 1 N–H and O–H groups in total. The van der Waals surface area contributed by atoms with Gasteiger partial charge in [0, 0.05) is 12.1 Å². The maximum absolute atomic E-state index is 14.3. The number of hydrogen-bond donors (Lipinski definition) is 1. The van der Waals surface area contributed by atoms with E-state index in [1.165, 1.54) is 42.5 Å². The Morgan fingerprint density at radius 1 is 1.23 bits per heavy atom. The van der Waals surface area contributed by atoms with Crippen molar-refractivity contribution in [2.45, 2.75) is 13.0 Å². The summed E-state index contributed by atoms with van der Waals surface area (Å²) in [6.45, 7) is 1.16. The van der Waals surface area contributed by atoms with E-state index in [-0.39, 0.29) is 22.5 Å². The van der Waals surface area contributed by atoms with Crippen molar-refractivity contribution in [2.75, 3.05) is 4.90 Å². The largest absolute Gasteiger partial charge is 0.503 e. The second-order valence-electron chi connectivity index (χ2n) is 5.70. The summed E-state index contributed by atoms with van der Waals surface area (Å²) in [6.07, 6.45) is 0. The van der Waals surface area contributed by atoms with Gasteiger partial charge in [-0.25, -0.2) is 4.39 Å². The molecule has 0 saturated carbocycles. The van der Waals surface area contributed by atoms with Crippen LogP contribution in [0.3, 0.4) is 0 Å². The van der Waals surface area contributed by atoms with Crippen LogP contribution < -0.4 is 4.90 Å². The van der Waals surface area contributed by atoms with E-state index in [1.807, 2.05) is 0 Å². The lowest BCUT2D eigenvalue weighted by Gasteiger charge is -2.26. The number of amides is 1. The number of benzene rings is 2. The van der Waals surface area contributed by atoms with E-state index in [9.17, 15) is 29.2 Å². The van der Waals surface area contributed by atoms with Crippen LogP contribution in [0.25, 0.3) is 0 Å². The Hall–Kier alpha value is -3.55. The highest BCUT2D eigenvalue weighted by atomic mass is 19.1. The Balaban J connectivity index is 2.23. The van der Waals surface area contributed by atoms with Crippen LogP contribution >= 0.6 is 0 Å². The summed E-state index contributed by atoms with van der Waals surface area (Å²) in [7, 11) is 0. The number of carbonyl (C=O) groups is 2. The normalized spacial score (nSPS) is 16.9. The first kappa shape index (κ1) is 17.3. The first-order chi connectivity index (χ1) is 12.3. The van der Waals surface area contributed by atoms with Crippen molar-refractivity contribution >= 4 is 23.1 Å². The van der Waals surface area contributed by atoms with Gasteiger partial charge in [-0.15, -0.1) is 0 Å². The van der Waals surface area contributed by atoms with Crippen molar-refractivity contribution in [1.82, 2.24) is 0 Å². The molecule has 7 nitrogen and oxygen atoms in total. The maximum atomic E-state index is 14.3. The number of nitrogens with zero attached hydrogens (tertiary/aromatic N) is 2. The highest BCUT2D eigenvalue weighted by Gasteiger charge is 2.44. The summed E-state index contributed by atoms with van der Waals surface area (Å²) in [6, 6.07) is 9.53. The highest BCUT2D eigenvalue weighted by Crippen LogP contribution is 2.42. The zero-order valence-corrected chi connectivity index (χ0v) is 13.5. The second kappa shape index (κ2) is 6.40. The van der Waals surface area contributed by atoms with Crippen LogP contribution in [0.2, 0.25) is 0 Å². The SMILES string of the molecule is CC(=O)C1=C(O)C(=O)N(c2ccccc2F)C1c1cccc([N+](=O)[O-])c1. The van der Waals surface area contributed by atoms with Crippen molar-refractivity contribution < 1.29 is 24.0 Å².